The van der Waals surface area contributed by atoms with Crippen molar-refractivity contribution in [3.05, 3.63) is 42.0 Å². The molecule has 0 aliphatic heterocycles. The molecular weight excluding hydrogens is 272 g/mol. The van der Waals surface area contributed by atoms with Crippen LogP contribution < -0.4 is 0 Å². The Morgan fingerprint density at radius 2 is 1.95 bits per heavy atom. The summed E-state index contributed by atoms with van der Waals surface area (Å²) in [5.41, 5.74) is 0.812. The van der Waals surface area contributed by atoms with E-state index in [1.165, 1.54) is 13.2 Å². The summed E-state index contributed by atoms with van der Waals surface area (Å²) in [5, 5.41) is 0.978. The van der Waals surface area contributed by atoms with Crippen LogP contribution in [0.3, 0.4) is 0 Å². The number of benzene rings is 1. The molecule has 0 unspecified atom stereocenters. The Balaban J connectivity index is 2.85. The molecule has 0 saturated heterocycles. The van der Waals surface area contributed by atoms with E-state index in [0.29, 0.717) is 0 Å². The Labute approximate surface area is 123 Å². The van der Waals surface area contributed by atoms with Crippen LogP contribution in [0.1, 0.15) is 12.5 Å². The predicted molar refractivity (Wildman–Crippen MR) is 77.7 cm³/mol. The molecule has 6 nitrogen and oxygen atoms in total. The zero-order valence-corrected chi connectivity index (χ0v) is 12.0. The van der Waals surface area contributed by atoms with Gasteiger partial charge in [0, 0.05) is 12.6 Å². The smallest absolute Gasteiger partial charge is 0.289 e. The van der Waals surface area contributed by atoms with Gasteiger partial charge in [0.25, 0.3) is 5.91 Å². The normalized spacial score (nSPS) is 10.4. The highest BCUT2D eigenvalue weighted by atomic mass is 16.7. The van der Waals surface area contributed by atoms with Crippen molar-refractivity contribution in [3.63, 3.8) is 0 Å². The number of hydroxylamine groups is 2. The Bertz CT molecular complexity index is 510. The van der Waals surface area contributed by atoms with E-state index in [0.717, 1.165) is 15.5 Å². The summed E-state index contributed by atoms with van der Waals surface area (Å²) in [4.78, 5) is 40.2. The second-order valence-corrected chi connectivity index (χ2v) is 3.97. The van der Waals surface area contributed by atoms with E-state index in [9.17, 15) is 14.4 Å². The van der Waals surface area contributed by atoms with Gasteiger partial charge in [0.05, 0.1) is 13.7 Å². The number of rotatable bonds is 6. The summed E-state index contributed by atoms with van der Waals surface area (Å²) in [6, 6.07) is 8.44. The molecule has 0 aliphatic rings. The van der Waals surface area contributed by atoms with E-state index in [4.69, 9.17) is 4.84 Å². The molecule has 0 bridgehead atoms. The first-order valence-electron chi connectivity index (χ1n) is 6.39. The first kappa shape index (κ1) is 16.6. The lowest BCUT2D eigenvalue weighted by Crippen LogP contribution is -2.46. The minimum atomic E-state index is -0.703. The highest BCUT2D eigenvalue weighted by Gasteiger charge is 2.24. The average molecular weight is 289 g/mol. The zero-order chi connectivity index (χ0) is 15.7. The minimum Gasteiger partial charge on any atom is -0.289 e. The fourth-order valence-electron chi connectivity index (χ4n) is 1.60. The van der Waals surface area contributed by atoms with Crippen LogP contribution >= 0.6 is 0 Å². The second-order valence-electron chi connectivity index (χ2n) is 3.97. The third-order valence-electron chi connectivity index (χ3n) is 2.66. The molecule has 21 heavy (non-hydrogen) atoms. The van der Waals surface area contributed by atoms with Gasteiger partial charge in [-0.2, -0.15) is 0 Å². The van der Waals surface area contributed by atoms with E-state index in [2.05, 4.69) is 0 Å². The molecule has 1 rings (SSSR count). The lowest BCUT2D eigenvalue weighted by molar-refractivity contribution is -0.129. The third kappa shape index (κ3) is 4.85. The molecule has 3 amide bonds. The van der Waals surface area contributed by atoms with Gasteiger partial charge < -0.3 is 0 Å². The Morgan fingerprint density at radius 1 is 1.29 bits per heavy atom. The van der Waals surface area contributed by atoms with E-state index >= 15 is 0 Å². The Morgan fingerprint density at radius 3 is 2.48 bits per heavy atom. The van der Waals surface area contributed by atoms with Crippen LogP contribution in [0.15, 0.2) is 36.4 Å². The van der Waals surface area contributed by atoms with E-state index < -0.39 is 18.5 Å². The number of nitrogens with zero attached hydrogens (tertiary/aromatic N) is 2. The maximum atomic E-state index is 12.0. The lowest BCUT2D eigenvalue weighted by atomic mass is 10.2. The number of amides is 3. The van der Waals surface area contributed by atoms with Crippen molar-refractivity contribution in [3.8, 4) is 0 Å². The molecule has 0 aliphatic carbocycles. The van der Waals surface area contributed by atoms with Crippen LogP contribution in [0.25, 0.3) is 6.08 Å². The molecule has 0 atom stereocenters. The Kier molecular flexibility index (Phi) is 6.83. The summed E-state index contributed by atoms with van der Waals surface area (Å²) < 4.78 is 0. The average Bonchev–Trinajstić information content (AvgIpc) is 2.52. The summed E-state index contributed by atoms with van der Waals surface area (Å²) in [5.74, 6) is -0.609. The fraction of sp³-hybridized carbons (Fsp3) is 0.267. The van der Waals surface area contributed by atoms with Gasteiger partial charge in [-0.25, -0.2) is 9.86 Å². The molecule has 0 fully saturated rings. The van der Waals surface area contributed by atoms with Crippen LogP contribution in [0.5, 0.6) is 0 Å². The summed E-state index contributed by atoms with van der Waals surface area (Å²) >= 11 is 0. The minimum absolute atomic E-state index is 0.250. The van der Waals surface area contributed by atoms with Gasteiger partial charge in [-0.1, -0.05) is 30.3 Å². The van der Waals surface area contributed by atoms with Crippen molar-refractivity contribution < 1.29 is 19.2 Å². The van der Waals surface area contributed by atoms with Crippen LogP contribution in [0, 0.1) is 0 Å². The van der Waals surface area contributed by atoms with Crippen LogP contribution in [0.4, 0.5) is 4.79 Å². The van der Waals surface area contributed by atoms with Gasteiger partial charge in [0.1, 0.15) is 0 Å². The zero-order valence-electron chi connectivity index (χ0n) is 12.0. The van der Waals surface area contributed by atoms with E-state index in [1.807, 2.05) is 30.3 Å². The predicted octanol–water partition coefficient (Wildman–Crippen LogP) is 1.64. The van der Waals surface area contributed by atoms with Crippen LogP contribution in [0.2, 0.25) is 0 Å². The number of carbonyl (C=O) groups is 2. The molecule has 1 radical (unpaired) electrons. The standard InChI is InChI=1S/C15H17N2O4/c1-3-17(21-2)15(20)16(11-12-18)14(19)10-9-13-7-5-4-6-8-13/h4-10H,3,11H2,1-2H3/b10-9+. The quantitative estimate of drug-likeness (QED) is 0.590. The van der Waals surface area contributed by atoms with Gasteiger partial charge in [-0.15, -0.1) is 0 Å². The van der Waals surface area contributed by atoms with Gasteiger partial charge in [-0.3, -0.25) is 19.3 Å². The van der Waals surface area contributed by atoms with Crippen molar-refractivity contribution in [2.75, 3.05) is 20.2 Å². The lowest BCUT2D eigenvalue weighted by Gasteiger charge is -2.24. The Hall–Kier alpha value is -2.47. The molecule has 1 aromatic rings. The molecule has 1 aromatic carbocycles. The van der Waals surface area contributed by atoms with Crippen molar-refractivity contribution in [2.24, 2.45) is 0 Å². The number of carbonyl (C=O) groups excluding carboxylic acids is 3. The van der Waals surface area contributed by atoms with Gasteiger partial charge in [0.15, 0.2) is 0 Å². The second kappa shape index (κ2) is 8.65. The summed E-state index contributed by atoms with van der Waals surface area (Å²) in [6.07, 6.45) is 4.35. The summed E-state index contributed by atoms with van der Waals surface area (Å²) in [6.45, 7) is 1.49. The van der Waals surface area contributed by atoms with Crippen molar-refractivity contribution in [2.45, 2.75) is 6.92 Å². The molecule has 0 heterocycles. The number of hydrogen-bond donors (Lipinski definition) is 0. The number of urea groups is 1. The molecule has 0 spiro atoms. The number of hydrogen-bond acceptors (Lipinski definition) is 4. The third-order valence-corrected chi connectivity index (χ3v) is 2.66. The molecular formula is C15H17N2O4. The van der Waals surface area contributed by atoms with Gasteiger partial charge >= 0.3 is 6.03 Å². The van der Waals surface area contributed by atoms with Crippen molar-refractivity contribution in [1.29, 1.82) is 0 Å². The van der Waals surface area contributed by atoms with Crippen LogP contribution in [-0.4, -0.2) is 48.4 Å². The number of imide groups is 1. The fourth-order valence-corrected chi connectivity index (χ4v) is 1.60. The first-order valence-corrected chi connectivity index (χ1v) is 6.39. The molecule has 111 valence electrons. The molecule has 6 heteroatoms. The van der Waals surface area contributed by atoms with Crippen molar-refractivity contribution >= 4 is 24.3 Å². The highest BCUT2D eigenvalue weighted by Crippen LogP contribution is 2.04. The summed E-state index contributed by atoms with van der Waals surface area (Å²) in [7, 11) is 1.31. The van der Waals surface area contributed by atoms with E-state index in [1.54, 1.807) is 19.3 Å². The maximum Gasteiger partial charge on any atom is 0.351 e. The highest BCUT2D eigenvalue weighted by molar-refractivity contribution is 6.03. The molecule has 0 N–H and O–H groups in total. The molecule has 0 saturated carbocycles. The van der Waals surface area contributed by atoms with Gasteiger partial charge in [0.2, 0.25) is 6.29 Å². The van der Waals surface area contributed by atoms with Gasteiger partial charge in [-0.05, 0) is 18.6 Å². The SMILES string of the molecule is CCN(OC)C(=O)N(C[C]=O)C(=O)/C=C/c1ccccc1. The van der Waals surface area contributed by atoms with Crippen LogP contribution in [-0.2, 0) is 14.4 Å². The van der Waals surface area contributed by atoms with E-state index in [-0.39, 0.29) is 6.54 Å². The monoisotopic (exact) mass is 289 g/mol. The largest absolute Gasteiger partial charge is 0.351 e. The molecule has 0 aromatic heterocycles. The maximum absolute atomic E-state index is 12.0. The first-order chi connectivity index (χ1) is 10.1. The van der Waals surface area contributed by atoms with Crippen molar-refractivity contribution in [1.82, 2.24) is 9.96 Å². The topological polar surface area (TPSA) is 66.9 Å².